The number of rotatable bonds is 3. The number of carbonyl (C=O) groups excluding carboxylic acids is 1. The summed E-state index contributed by atoms with van der Waals surface area (Å²) in [5.74, 6) is 1.07. The van der Waals surface area contributed by atoms with Gasteiger partial charge in [-0.3, -0.25) is 9.48 Å². The quantitative estimate of drug-likeness (QED) is 0.639. The largest absolute Gasteiger partial charge is 0.486 e. The van der Waals surface area contributed by atoms with Gasteiger partial charge >= 0.3 is 0 Å². The van der Waals surface area contributed by atoms with Crippen LogP contribution in [0.4, 0.5) is 0 Å². The molecule has 3 rings (SSSR count). The first-order valence-corrected chi connectivity index (χ1v) is 7.67. The van der Waals surface area contributed by atoms with Crippen molar-refractivity contribution in [1.29, 1.82) is 0 Å². The molecule has 0 amide bonds. The van der Waals surface area contributed by atoms with Gasteiger partial charge in [0.1, 0.15) is 13.2 Å². The van der Waals surface area contributed by atoms with Crippen LogP contribution < -0.4 is 9.47 Å². The molecule has 0 N–H and O–H groups in total. The Balaban J connectivity index is 1.88. The van der Waals surface area contributed by atoms with Crippen molar-refractivity contribution in [3.8, 4) is 11.5 Å². The fraction of sp³-hybridized carbons (Fsp3) is 0.294. The Morgan fingerprint density at radius 2 is 2.04 bits per heavy atom. The van der Waals surface area contributed by atoms with Gasteiger partial charge in [0.15, 0.2) is 17.3 Å². The fourth-order valence-corrected chi connectivity index (χ4v) is 2.89. The molecule has 6 heteroatoms. The second-order valence-corrected chi connectivity index (χ2v) is 5.80. The lowest BCUT2D eigenvalue weighted by molar-refractivity contribution is 0.104. The smallest absolute Gasteiger partial charge is 0.189 e. The highest BCUT2D eigenvalue weighted by Crippen LogP contribution is 2.38. The van der Waals surface area contributed by atoms with Crippen LogP contribution in [0.25, 0.3) is 6.08 Å². The molecule has 0 aliphatic carbocycles. The molecule has 1 aliphatic heterocycles. The SMILES string of the molecule is Cc1nn(C)c(C)c1C(=O)/C=C/c1cc(Cl)c2c(c1)OCCO2. The topological polar surface area (TPSA) is 53.4 Å². The van der Waals surface area contributed by atoms with Crippen molar-refractivity contribution < 1.29 is 14.3 Å². The highest BCUT2D eigenvalue weighted by atomic mass is 35.5. The second kappa shape index (κ2) is 6.08. The summed E-state index contributed by atoms with van der Waals surface area (Å²) in [7, 11) is 1.82. The Labute approximate surface area is 139 Å². The molecule has 0 atom stereocenters. The first-order valence-electron chi connectivity index (χ1n) is 7.29. The van der Waals surface area contributed by atoms with Crippen molar-refractivity contribution in [1.82, 2.24) is 9.78 Å². The van der Waals surface area contributed by atoms with Crippen LogP contribution in [0.1, 0.15) is 27.3 Å². The van der Waals surface area contributed by atoms with Crippen LogP contribution >= 0.6 is 11.6 Å². The molecule has 0 unspecified atom stereocenters. The number of hydrogen-bond donors (Lipinski definition) is 0. The third-order valence-electron chi connectivity index (χ3n) is 3.80. The van der Waals surface area contributed by atoms with Crippen LogP contribution in [-0.2, 0) is 7.05 Å². The van der Waals surface area contributed by atoms with Crippen LogP contribution in [0.15, 0.2) is 18.2 Å². The molecule has 1 aromatic carbocycles. The van der Waals surface area contributed by atoms with E-state index in [4.69, 9.17) is 21.1 Å². The minimum atomic E-state index is -0.0842. The number of fused-ring (bicyclic) bond motifs is 1. The number of carbonyl (C=O) groups is 1. The van der Waals surface area contributed by atoms with Crippen molar-refractivity contribution in [3.63, 3.8) is 0 Å². The Hall–Kier alpha value is -2.27. The average Bonchev–Trinajstić information content (AvgIpc) is 2.78. The molecule has 1 aromatic heterocycles. The summed E-state index contributed by atoms with van der Waals surface area (Å²) in [6, 6.07) is 3.56. The molecule has 1 aliphatic rings. The van der Waals surface area contributed by atoms with Crippen molar-refractivity contribution in [2.24, 2.45) is 7.05 Å². The van der Waals surface area contributed by atoms with Crippen LogP contribution in [0.2, 0.25) is 5.02 Å². The molecular weight excluding hydrogens is 316 g/mol. The molecule has 0 saturated carbocycles. The number of benzene rings is 1. The lowest BCUT2D eigenvalue weighted by atomic mass is 10.1. The molecule has 0 spiro atoms. The number of aryl methyl sites for hydroxylation is 2. The van der Waals surface area contributed by atoms with Gasteiger partial charge in [-0.25, -0.2) is 0 Å². The number of aromatic nitrogens is 2. The van der Waals surface area contributed by atoms with Gasteiger partial charge in [-0.05, 0) is 37.6 Å². The Bertz CT molecular complexity index is 809. The van der Waals surface area contributed by atoms with Crippen LogP contribution in [0.3, 0.4) is 0 Å². The number of allylic oxidation sites excluding steroid dienone is 1. The molecule has 0 bridgehead atoms. The van der Waals surface area contributed by atoms with E-state index in [1.165, 1.54) is 6.08 Å². The maximum Gasteiger partial charge on any atom is 0.189 e. The highest BCUT2D eigenvalue weighted by Gasteiger charge is 2.17. The number of ether oxygens (including phenoxy) is 2. The summed E-state index contributed by atoms with van der Waals surface area (Å²) in [4.78, 5) is 12.4. The van der Waals surface area contributed by atoms with E-state index in [2.05, 4.69) is 5.10 Å². The third-order valence-corrected chi connectivity index (χ3v) is 4.08. The van der Waals surface area contributed by atoms with E-state index in [1.54, 1.807) is 16.8 Å². The average molecular weight is 333 g/mol. The van der Waals surface area contributed by atoms with E-state index in [-0.39, 0.29) is 5.78 Å². The summed E-state index contributed by atoms with van der Waals surface area (Å²) in [6.45, 7) is 4.68. The van der Waals surface area contributed by atoms with Crippen molar-refractivity contribution in [2.75, 3.05) is 13.2 Å². The van der Waals surface area contributed by atoms with Gasteiger partial charge in [-0.1, -0.05) is 17.7 Å². The Morgan fingerprint density at radius 1 is 1.30 bits per heavy atom. The van der Waals surface area contributed by atoms with Crippen LogP contribution in [0.5, 0.6) is 11.5 Å². The number of nitrogens with zero attached hydrogens (tertiary/aromatic N) is 2. The minimum Gasteiger partial charge on any atom is -0.486 e. The van der Waals surface area contributed by atoms with Crippen LogP contribution in [0, 0.1) is 13.8 Å². The normalized spacial score (nSPS) is 13.6. The number of ketones is 1. The van der Waals surface area contributed by atoms with E-state index in [1.807, 2.05) is 27.0 Å². The summed E-state index contributed by atoms with van der Waals surface area (Å²) in [6.07, 6.45) is 3.25. The molecule has 23 heavy (non-hydrogen) atoms. The summed E-state index contributed by atoms with van der Waals surface area (Å²) >= 11 is 6.20. The lowest BCUT2D eigenvalue weighted by Crippen LogP contribution is -2.15. The maximum atomic E-state index is 12.4. The van der Waals surface area contributed by atoms with E-state index < -0.39 is 0 Å². The van der Waals surface area contributed by atoms with Gasteiger partial charge in [0, 0.05) is 12.7 Å². The number of halogens is 1. The highest BCUT2D eigenvalue weighted by molar-refractivity contribution is 6.32. The number of hydrogen-bond acceptors (Lipinski definition) is 4. The van der Waals surface area contributed by atoms with Crippen molar-refractivity contribution in [2.45, 2.75) is 13.8 Å². The van der Waals surface area contributed by atoms with Crippen molar-refractivity contribution >= 4 is 23.5 Å². The predicted molar refractivity (Wildman–Crippen MR) is 88.5 cm³/mol. The standard InChI is InChI=1S/C17H17ClN2O3/c1-10-16(11(2)20(3)19-10)14(21)5-4-12-8-13(18)17-15(9-12)22-6-7-23-17/h4-5,8-9H,6-7H2,1-3H3/b5-4+. The molecular formula is C17H17ClN2O3. The Morgan fingerprint density at radius 3 is 2.74 bits per heavy atom. The monoisotopic (exact) mass is 332 g/mol. The predicted octanol–water partition coefficient (Wildman–Crippen LogP) is 3.36. The van der Waals surface area contributed by atoms with Gasteiger partial charge in [-0.15, -0.1) is 0 Å². The molecule has 0 saturated heterocycles. The molecule has 5 nitrogen and oxygen atoms in total. The first-order chi connectivity index (χ1) is 11.0. The molecule has 0 radical (unpaired) electrons. The van der Waals surface area contributed by atoms with E-state index >= 15 is 0 Å². The van der Waals surface area contributed by atoms with Gasteiger partial charge in [0.2, 0.25) is 0 Å². The molecule has 0 fully saturated rings. The zero-order valence-electron chi connectivity index (χ0n) is 13.2. The minimum absolute atomic E-state index is 0.0842. The molecule has 120 valence electrons. The zero-order valence-corrected chi connectivity index (χ0v) is 14.0. The summed E-state index contributed by atoms with van der Waals surface area (Å²) in [5.41, 5.74) is 2.98. The van der Waals surface area contributed by atoms with E-state index in [0.29, 0.717) is 35.3 Å². The second-order valence-electron chi connectivity index (χ2n) is 5.39. The molecule has 2 heterocycles. The maximum absolute atomic E-state index is 12.4. The van der Waals surface area contributed by atoms with Gasteiger partial charge in [0.25, 0.3) is 0 Å². The van der Waals surface area contributed by atoms with Crippen LogP contribution in [-0.4, -0.2) is 28.8 Å². The summed E-state index contributed by atoms with van der Waals surface area (Å²) in [5, 5.41) is 4.74. The van der Waals surface area contributed by atoms with Gasteiger partial charge in [0.05, 0.1) is 16.3 Å². The first kappa shape index (κ1) is 15.6. The molecule has 2 aromatic rings. The third kappa shape index (κ3) is 2.97. The van der Waals surface area contributed by atoms with Crippen molar-refractivity contribution in [3.05, 3.63) is 45.7 Å². The van der Waals surface area contributed by atoms with E-state index in [0.717, 1.165) is 17.0 Å². The van der Waals surface area contributed by atoms with Gasteiger partial charge < -0.3 is 9.47 Å². The fourth-order valence-electron chi connectivity index (χ4n) is 2.61. The van der Waals surface area contributed by atoms with E-state index in [9.17, 15) is 4.79 Å². The Kier molecular flexibility index (Phi) is 4.13. The zero-order chi connectivity index (χ0) is 16.6. The summed E-state index contributed by atoms with van der Waals surface area (Å²) < 4.78 is 12.7. The van der Waals surface area contributed by atoms with Gasteiger partial charge in [-0.2, -0.15) is 5.10 Å². The lowest BCUT2D eigenvalue weighted by Gasteiger charge is -2.19.